The molecule has 2 rings (SSSR count). The lowest BCUT2D eigenvalue weighted by Gasteiger charge is -2.17. The second-order valence-corrected chi connectivity index (χ2v) is 7.05. The highest BCUT2D eigenvalue weighted by Gasteiger charge is 2.63. The van der Waals surface area contributed by atoms with E-state index in [1.54, 1.807) is 19.2 Å². The zero-order valence-corrected chi connectivity index (χ0v) is 13.4. The third-order valence-electron chi connectivity index (χ3n) is 5.65. The molecule has 20 heavy (non-hydrogen) atoms. The first-order chi connectivity index (χ1) is 9.21. The maximum atomic E-state index is 9.99. The first-order valence-electron chi connectivity index (χ1n) is 7.32. The molecule has 1 aliphatic rings. The van der Waals surface area contributed by atoms with Crippen LogP contribution in [-0.4, -0.2) is 18.8 Å². The van der Waals surface area contributed by atoms with E-state index in [-0.39, 0.29) is 6.04 Å². The Kier molecular flexibility index (Phi) is 3.76. The molecule has 1 aliphatic carbocycles. The third kappa shape index (κ3) is 2.39. The highest BCUT2D eigenvalue weighted by molar-refractivity contribution is 5.41. The van der Waals surface area contributed by atoms with Crippen LogP contribution in [-0.2, 0) is 0 Å². The van der Waals surface area contributed by atoms with E-state index in [4.69, 9.17) is 4.74 Å². The smallest absolute Gasteiger partial charge is 0.120 e. The van der Waals surface area contributed by atoms with Crippen molar-refractivity contribution in [3.8, 4) is 11.5 Å². The van der Waals surface area contributed by atoms with Gasteiger partial charge in [-0.3, -0.25) is 0 Å². The molecule has 1 fully saturated rings. The summed E-state index contributed by atoms with van der Waals surface area (Å²) >= 11 is 0. The van der Waals surface area contributed by atoms with Crippen molar-refractivity contribution in [1.29, 1.82) is 0 Å². The van der Waals surface area contributed by atoms with Gasteiger partial charge in [0.2, 0.25) is 0 Å². The minimum absolute atomic E-state index is 0.109. The molecule has 0 amide bonds. The molecule has 0 radical (unpaired) electrons. The molecule has 0 heterocycles. The van der Waals surface area contributed by atoms with E-state index in [0.717, 1.165) is 17.9 Å². The number of rotatable bonds is 5. The second-order valence-electron chi connectivity index (χ2n) is 7.05. The van der Waals surface area contributed by atoms with Gasteiger partial charge in [-0.05, 0) is 48.4 Å². The summed E-state index contributed by atoms with van der Waals surface area (Å²) in [4.78, 5) is 0. The molecule has 112 valence electrons. The normalized spacial score (nSPS) is 21.5. The van der Waals surface area contributed by atoms with Crippen molar-refractivity contribution in [2.75, 3.05) is 13.7 Å². The average molecular weight is 277 g/mol. The minimum Gasteiger partial charge on any atom is -0.508 e. The second kappa shape index (κ2) is 4.96. The Hall–Kier alpha value is -1.22. The fraction of sp³-hybridized carbons (Fsp3) is 0.647. The van der Waals surface area contributed by atoms with E-state index in [9.17, 15) is 5.11 Å². The summed E-state index contributed by atoms with van der Waals surface area (Å²) in [6, 6.07) is 5.48. The van der Waals surface area contributed by atoms with E-state index in [2.05, 4.69) is 39.9 Å². The third-order valence-corrected chi connectivity index (χ3v) is 5.65. The summed E-state index contributed by atoms with van der Waals surface area (Å²) in [5.41, 5.74) is 1.66. The number of phenols is 1. The molecular weight excluding hydrogens is 250 g/mol. The van der Waals surface area contributed by atoms with E-state index in [1.807, 2.05) is 6.07 Å². The molecule has 0 spiro atoms. The zero-order chi connectivity index (χ0) is 15.1. The summed E-state index contributed by atoms with van der Waals surface area (Å²) in [6.45, 7) is 12.4. The quantitative estimate of drug-likeness (QED) is 0.861. The number of hydrogen-bond acceptors (Lipinski definition) is 3. The molecule has 3 nitrogen and oxygen atoms in total. The van der Waals surface area contributed by atoms with Crippen molar-refractivity contribution < 1.29 is 9.84 Å². The average Bonchev–Trinajstić information content (AvgIpc) is 2.77. The lowest BCUT2D eigenvalue weighted by molar-refractivity contribution is 0.406. The molecule has 0 saturated heterocycles. The van der Waals surface area contributed by atoms with Crippen LogP contribution < -0.4 is 10.1 Å². The maximum Gasteiger partial charge on any atom is 0.120 e. The zero-order valence-electron chi connectivity index (χ0n) is 13.4. The minimum atomic E-state index is 0.109. The number of ether oxygens (including phenoxy) is 1. The Morgan fingerprint density at radius 3 is 2.35 bits per heavy atom. The van der Waals surface area contributed by atoms with Crippen molar-refractivity contribution in [3.63, 3.8) is 0 Å². The predicted octanol–water partition coefficient (Wildman–Crippen LogP) is 3.73. The topological polar surface area (TPSA) is 41.5 Å². The Morgan fingerprint density at radius 2 is 1.85 bits per heavy atom. The van der Waals surface area contributed by atoms with Crippen LogP contribution in [0.1, 0.15) is 46.2 Å². The Bertz CT molecular complexity index is 480. The van der Waals surface area contributed by atoms with Crippen LogP contribution >= 0.6 is 0 Å². The number of phenolic OH excluding ortho intramolecular Hbond substituents is 1. The van der Waals surface area contributed by atoms with Crippen LogP contribution in [0.4, 0.5) is 0 Å². The molecule has 1 aromatic rings. The fourth-order valence-corrected chi connectivity index (χ4v) is 3.25. The van der Waals surface area contributed by atoms with Crippen molar-refractivity contribution in [2.45, 2.75) is 40.7 Å². The largest absolute Gasteiger partial charge is 0.508 e. The summed E-state index contributed by atoms with van der Waals surface area (Å²) < 4.78 is 5.23. The summed E-state index contributed by atoms with van der Waals surface area (Å²) in [5, 5.41) is 13.5. The molecule has 0 aromatic heterocycles. The van der Waals surface area contributed by atoms with Crippen LogP contribution in [0.25, 0.3) is 0 Å². The highest BCUT2D eigenvalue weighted by Crippen LogP contribution is 2.68. The van der Waals surface area contributed by atoms with Crippen molar-refractivity contribution >= 4 is 0 Å². The Balaban J connectivity index is 2.01. The number of nitrogens with one attached hydrogen (secondary N) is 1. The Labute approximate surface area is 122 Å². The SMILES string of the molecule is COc1ccc(O)c(C(C)NCC2C(C)(C)C2(C)C)c1. The molecule has 1 saturated carbocycles. The maximum absolute atomic E-state index is 9.99. The molecule has 2 N–H and O–H groups in total. The molecule has 3 heteroatoms. The van der Waals surface area contributed by atoms with Gasteiger partial charge in [0.05, 0.1) is 7.11 Å². The van der Waals surface area contributed by atoms with Gasteiger partial charge in [0.25, 0.3) is 0 Å². The van der Waals surface area contributed by atoms with Crippen LogP contribution in [0.3, 0.4) is 0 Å². The summed E-state index contributed by atoms with van der Waals surface area (Å²) in [7, 11) is 1.64. The molecule has 0 bridgehead atoms. The predicted molar refractivity (Wildman–Crippen MR) is 82.1 cm³/mol. The van der Waals surface area contributed by atoms with Gasteiger partial charge in [-0.1, -0.05) is 27.7 Å². The van der Waals surface area contributed by atoms with Crippen LogP contribution in [0.15, 0.2) is 18.2 Å². The number of aromatic hydroxyl groups is 1. The van der Waals surface area contributed by atoms with Crippen molar-refractivity contribution in [1.82, 2.24) is 5.32 Å². The van der Waals surface area contributed by atoms with Gasteiger partial charge in [0.15, 0.2) is 0 Å². The lowest BCUT2D eigenvalue weighted by Crippen LogP contribution is -2.23. The first-order valence-corrected chi connectivity index (χ1v) is 7.32. The van der Waals surface area contributed by atoms with Gasteiger partial charge < -0.3 is 15.2 Å². The monoisotopic (exact) mass is 277 g/mol. The van der Waals surface area contributed by atoms with Crippen LogP contribution in [0.2, 0.25) is 0 Å². The van der Waals surface area contributed by atoms with E-state index in [0.29, 0.717) is 22.5 Å². The van der Waals surface area contributed by atoms with Gasteiger partial charge in [0, 0.05) is 11.6 Å². The fourth-order valence-electron chi connectivity index (χ4n) is 3.25. The van der Waals surface area contributed by atoms with Gasteiger partial charge in [-0.25, -0.2) is 0 Å². The van der Waals surface area contributed by atoms with Crippen LogP contribution in [0, 0.1) is 16.7 Å². The lowest BCUT2D eigenvalue weighted by atomic mass is 10.0. The van der Waals surface area contributed by atoms with Gasteiger partial charge in [0.1, 0.15) is 11.5 Å². The summed E-state index contributed by atoms with van der Waals surface area (Å²) in [6.07, 6.45) is 0. The molecule has 1 atom stereocenters. The van der Waals surface area contributed by atoms with Gasteiger partial charge >= 0.3 is 0 Å². The number of methoxy groups -OCH3 is 1. The van der Waals surface area contributed by atoms with E-state index in [1.165, 1.54) is 0 Å². The van der Waals surface area contributed by atoms with Gasteiger partial charge in [-0.2, -0.15) is 0 Å². The van der Waals surface area contributed by atoms with Gasteiger partial charge in [-0.15, -0.1) is 0 Å². The number of benzene rings is 1. The standard InChI is InChI=1S/C17H27NO2/c1-11(13-9-12(20-6)7-8-14(13)19)18-10-15-16(2,3)17(15,4)5/h7-9,11,15,18-19H,10H2,1-6H3. The van der Waals surface area contributed by atoms with Crippen molar-refractivity contribution in [3.05, 3.63) is 23.8 Å². The Morgan fingerprint density at radius 1 is 1.25 bits per heavy atom. The number of hydrogen-bond donors (Lipinski definition) is 2. The van der Waals surface area contributed by atoms with E-state index < -0.39 is 0 Å². The van der Waals surface area contributed by atoms with Crippen molar-refractivity contribution in [2.24, 2.45) is 16.7 Å². The summed E-state index contributed by atoms with van der Waals surface area (Å²) in [5.74, 6) is 1.77. The molecule has 1 unspecified atom stereocenters. The molecular formula is C17H27NO2. The molecule has 1 aromatic carbocycles. The first kappa shape index (κ1) is 15.2. The highest BCUT2D eigenvalue weighted by atomic mass is 16.5. The van der Waals surface area contributed by atoms with Crippen LogP contribution in [0.5, 0.6) is 11.5 Å². The van der Waals surface area contributed by atoms with E-state index >= 15 is 0 Å². The molecule has 0 aliphatic heterocycles.